The molecule has 0 spiro atoms. The molecule has 6 heteroatoms. The zero-order chi connectivity index (χ0) is 19.5. The van der Waals surface area contributed by atoms with Crippen LogP contribution in [0.4, 0.5) is 14.9 Å². The summed E-state index contributed by atoms with van der Waals surface area (Å²) < 4.78 is 13.0. The van der Waals surface area contributed by atoms with Crippen molar-refractivity contribution in [2.75, 3.05) is 31.5 Å². The van der Waals surface area contributed by atoms with E-state index in [9.17, 15) is 14.0 Å². The van der Waals surface area contributed by atoms with Gasteiger partial charge in [0.25, 0.3) is 5.91 Å². The number of carbonyl (C=O) groups is 2. The van der Waals surface area contributed by atoms with E-state index in [1.807, 2.05) is 42.5 Å². The molecule has 0 radical (unpaired) electrons. The lowest BCUT2D eigenvalue weighted by Gasteiger charge is -2.34. The number of anilines is 1. The number of hydrogen-bond donors (Lipinski definition) is 1. The summed E-state index contributed by atoms with van der Waals surface area (Å²) in [6.45, 7) is 1.85. The zero-order valence-electron chi connectivity index (χ0n) is 15.3. The van der Waals surface area contributed by atoms with Gasteiger partial charge in [0.2, 0.25) is 0 Å². The van der Waals surface area contributed by atoms with Crippen LogP contribution < -0.4 is 5.32 Å². The first kappa shape index (κ1) is 18.0. The summed E-state index contributed by atoms with van der Waals surface area (Å²) in [6.07, 6.45) is 0. The van der Waals surface area contributed by atoms with Crippen molar-refractivity contribution in [3.05, 3.63) is 78.1 Å². The number of halogens is 1. The third kappa shape index (κ3) is 3.81. The highest BCUT2D eigenvalue weighted by Gasteiger charge is 2.25. The molecule has 0 unspecified atom stereocenters. The molecule has 3 amide bonds. The third-order valence-corrected chi connectivity index (χ3v) is 4.95. The van der Waals surface area contributed by atoms with E-state index in [0.29, 0.717) is 37.4 Å². The van der Waals surface area contributed by atoms with Gasteiger partial charge in [-0.15, -0.1) is 0 Å². The summed E-state index contributed by atoms with van der Waals surface area (Å²) >= 11 is 0. The van der Waals surface area contributed by atoms with Gasteiger partial charge in [0.05, 0.1) is 0 Å². The maximum Gasteiger partial charge on any atom is 0.321 e. The predicted molar refractivity (Wildman–Crippen MR) is 107 cm³/mol. The summed E-state index contributed by atoms with van der Waals surface area (Å²) in [5, 5.41) is 4.88. The molecule has 142 valence electrons. The molecule has 0 atom stereocenters. The summed E-state index contributed by atoms with van der Waals surface area (Å²) in [6, 6.07) is 19.0. The Hall–Kier alpha value is -3.41. The van der Waals surface area contributed by atoms with Crippen molar-refractivity contribution in [2.45, 2.75) is 0 Å². The molecule has 3 aromatic rings. The first-order valence-corrected chi connectivity index (χ1v) is 9.20. The van der Waals surface area contributed by atoms with Crippen LogP contribution in [0.5, 0.6) is 0 Å². The monoisotopic (exact) mass is 377 g/mol. The molecule has 28 heavy (non-hydrogen) atoms. The SMILES string of the molecule is O=C(Nc1ccc(F)cc1)N1CCN(C(=O)c2ccc3ccccc3c2)CC1. The van der Waals surface area contributed by atoms with E-state index >= 15 is 0 Å². The first-order chi connectivity index (χ1) is 13.6. The van der Waals surface area contributed by atoms with Crippen molar-refractivity contribution >= 4 is 28.4 Å². The number of urea groups is 1. The van der Waals surface area contributed by atoms with Gasteiger partial charge in [0.15, 0.2) is 0 Å². The Morgan fingerprint density at radius 2 is 1.43 bits per heavy atom. The van der Waals surface area contributed by atoms with Crippen molar-refractivity contribution in [1.82, 2.24) is 9.80 Å². The highest BCUT2D eigenvalue weighted by atomic mass is 19.1. The van der Waals surface area contributed by atoms with Gasteiger partial charge in [-0.25, -0.2) is 9.18 Å². The molecule has 3 aromatic carbocycles. The molecule has 0 saturated carbocycles. The number of fused-ring (bicyclic) bond motifs is 1. The number of hydrogen-bond acceptors (Lipinski definition) is 2. The van der Waals surface area contributed by atoms with E-state index in [0.717, 1.165) is 10.8 Å². The Kier molecular flexibility index (Phi) is 4.93. The smallest absolute Gasteiger partial charge is 0.321 e. The van der Waals surface area contributed by atoms with E-state index in [4.69, 9.17) is 0 Å². The molecule has 0 bridgehead atoms. The normalized spacial score (nSPS) is 14.2. The van der Waals surface area contributed by atoms with Crippen LogP contribution in [0.15, 0.2) is 66.7 Å². The van der Waals surface area contributed by atoms with Crippen LogP contribution in [0.25, 0.3) is 10.8 Å². The molecule has 1 heterocycles. The van der Waals surface area contributed by atoms with Crippen LogP contribution in [0.2, 0.25) is 0 Å². The van der Waals surface area contributed by atoms with Crippen LogP contribution in [0.1, 0.15) is 10.4 Å². The molecule has 5 nitrogen and oxygen atoms in total. The minimum Gasteiger partial charge on any atom is -0.335 e. The number of rotatable bonds is 2. The van der Waals surface area contributed by atoms with Gasteiger partial charge in [0.1, 0.15) is 5.82 Å². The summed E-state index contributed by atoms with van der Waals surface area (Å²) in [7, 11) is 0. The van der Waals surface area contributed by atoms with E-state index in [1.165, 1.54) is 24.3 Å². The Labute approximate surface area is 162 Å². The maximum atomic E-state index is 13.0. The second kappa shape index (κ2) is 7.68. The summed E-state index contributed by atoms with van der Waals surface area (Å²) in [4.78, 5) is 28.6. The first-order valence-electron chi connectivity index (χ1n) is 9.20. The van der Waals surface area contributed by atoms with E-state index in [1.54, 1.807) is 9.80 Å². The molecule has 1 aliphatic rings. The van der Waals surface area contributed by atoms with Crippen LogP contribution >= 0.6 is 0 Å². The molecular formula is C22H20FN3O2. The fourth-order valence-corrected chi connectivity index (χ4v) is 3.35. The highest BCUT2D eigenvalue weighted by Crippen LogP contribution is 2.18. The molecule has 0 aliphatic carbocycles. The zero-order valence-corrected chi connectivity index (χ0v) is 15.3. The number of benzene rings is 3. The van der Waals surface area contributed by atoms with E-state index in [-0.39, 0.29) is 17.8 Å². The quantitative estimate of drug-likeness (QED) is 0.735. The molecule has 1 aliphatic heterocycles. The number of nitrogens with one attached hydrogen (secondary N) is 1. The Morgan fingerprint density at radius 1 is 0.786 bits per heavy atom. The Balaban J connectivity index is 1.36. The maximum absolute atomic E-state index is 13.0. The molecule has 1 N–H and O–H groups in total. The van der Waals surface area contributed by atoms with Crippen molar-refractivity contribution < 1.29 is 14.0 Å². The van der Waals surface area contributed by atoms with E-state index in [2.05, 4.69) is 5.32 Å². The van der Waals surface area contributed by atoms with Gasteiger partial charge in [-0.3, -0.25) is 4.79 Å². The Bertz CT molecular complexity index is 1010. The number of nitrogens with zero attached hydrogens (tertiary/aromatic N) is 2. The number of piperazine rings is 1. The number of carbonyl (C=O) groups excluding carboxylic acids is 2. The minimum atomic E-state index is -0.348. The van der Waals surface area contributed by atoms with Crippen LogP contribution in [-0.4, -0.2) is 47.9 Å². The van der Waals surface area contributed by atoms with E-state index < -0.39 is 0 Å². The predicted octanol–water partition coefficient (Wildman–Crippen LogP) is 3.97. The summed E-state index contributed by atoms with van der Waals surface area (Å²) in [5.74, 6) is -0.372. The topological polar surface area (TPSA) is 52.7 Å². The van der Waals surface area contributed by atoms with Crippen molar-refractivity contribution in [3.8, 4) is 0 Å². The molecular weight excluding hydrogens is 357 g/mol. The second-order valence-corrected chi connectivity index (χ2v) is 6.78. The van der Waals surface area contributed by atoms with Gasteiger partial charge in [-0.05, 0) is 47.2 Å². The van der Waals surface area contributed by atoms with Crippen molar-refractivity contribution in [1.29, 1.82) is 0 Å². The lowest BCUT2D eigenvalue weighted by Crippen LogP contribution is -2.51. The average Bonchev–Trinajstić information content (AvgIpc) is 2.74. The van der Waals surface area contributed by atoms with Crippen LogP contribution in [-0.2, 0) is 0 Å². The molecule has 4 rings (SSSR count). The third-order valence-electron chi connectivity index (χ3n) is 4.95. The van der Waals surface area contributed by atoms with Gasteiger partial charge in [-0.2, -0.15) is 0 Å². The summed E-state index contributed by atoms with van der Waals surface area (Å²) in [5.41, 5.74) is 1.20. The van der Waals surface area contributed by atoms with Gasteiger partial charge < -0.3 is 15.1 Å². The average molecular weight is 377 g/mol. The largest absolute Gasteiger partial charge is 0.335 e. The molecule has 1 fully saturated rings. The van der Waals surface area contributed by atoms with Crippen molar-refractivity contribution in [3.63, 3.8) is 0 Å². The molecule has 1 saturated heterocycles. The fourth-order valence-electron chi connectivity index (χ4n) is 3.35. The second-order valence-electron chi connectivity index (χ2n) is 6.78. The minimum absolute atomic E-state index is 0.0238. The van der Waals surface area contributed by atoms with Crippen LogP contribution in [0, 0.1) is 5.82 Å². The van der Waals surface area contributed by atoms with Gasteiger partial charge >= 0.3 is 6.03 Å². The van der Waals surface area contributed by atoms with Crippen LogP contribution in [0.3, 0.4) is 0 Å². The Morgan fingerprint density at radius 3 is 2.14 bits per heavy atom. The number of amides is 3. The standard InChI is InChI=1S/C22H20FN3O2/c23-19-7-9-20(10-8-19)24-22(28)26-13-11-25(12-14-26)21(27)18-6-5-16-3-1-2-4-17(16)15-18/h1-10,15H,11-14H2,(H,24,28). The highest BCUT2D eigenvalue weighted by molar-refractivity contribution is 5.98. The fraction of sp³-hybridized carbons (Fsp3) is 0.182. The molecule has 0 aromatic heterocycles. The van der Waals surface area contributed by atoms with Gasteiger partial charge in [-0.1, -0.05) is 30.3 Å². The van der Waals surface area contributed by atoms with Gasteiger partial charge in [0, 0.05) is 37.4 Å². The lowest BCUT2D eigenvalue weighted by molar-refractivity contribution is 0.0672. The van der Waals surface area contributed by atoms with Crippen molar-refractivity contribution in [2.24, 2.45) is 0 Å². The lowest BCUT2D eigenvalue weighted by atomic mass is 10.1.